The van der Waals surface area contributed by atoms with E-state index >= 15 is 0 Å². The van der Waals surface area contributed by atoms with E-state index in [1.54, 1.807) is 12.1 Å². The van der Waals surface area contributed by atoms with Crippen molar-refractivity contribution in [2.75, 3.05) is 7.11 Å². The monoisotopic (exact) mass is 243 g/mol. The van der Waals surface area contributed by atoms with Crippen LogP contribution in [0.15, 0.2) is 23.1 Å². The Morgan fingerprint density at radius 2 is 2.06 bits per heavy atom. The summed E-state index contributed by atoms with van der Waals surface area (Å²) in [5, 5.41) is 5.11. The number of hydrogen-bond donors (Lipinski definition) is 1. The number of sulfonamides is 1. The van der Waals surface area contributed by atoms with Crippen molar-refractivity contribution in [3.8, 4) is 11.5 Å². The highest BCUT2D eigenvalue weighted by Crippen LogP contribution is 2.38. The van der Waals surface area contributed by atoms with Crippen molar-refractivity contribution < 1.29 is 17.9 Å². The zero-order valence-electron chi connectivity index (χ0n) is 8.84. The van der Waals surface area contributed by atoms with Gasteiger partial charge in [0.05, 0.1) is 13.2 Å². The van der Waals surface area contributed by atoms with E-state index in [2.05, 4.69) is 0 Å². The maximum absolute atomic E-state index is 11.4. The van der Waals surface area contributed by atoms with Crippen molar-refractivity contribution >= 4 is 10.0 Å². The summed E-state index contributed by atoms with van der Waals surface area (Å²) in [5.41, 5.74) is 0. The van der Waals surface area contributed by atoms with Crippen molar-refractivity contribution in [2.45, 2.75) is 23.8 Å². The van der Waals surface area contributed by atoms with Crippen LogP contribution in [0.4, 0.5) is 0 Å². The molecule has 5 nitrogen and oxygen atoms in total. The van der Waals surface area contributed by atoms with E-state index in [4.69, 9.17) is 14.6 Å². The van der Waals surface area contributed by atoms with Gasteiger partial charge in [-0.25, -0.2) is 13.6 Å². The molecule has 1 aromatic rings. The van der Waals surface area contributed by atoms with Crippen molar-refractivity contribution in [1.29, 1.82) is 0 Å². The molecule has 1 saturated carbocycles. The molecule has 0 saturated heterocycles. The number of benzene rings is 1. The molecule has 6 heteroatoms. The van der Waals surface area contributed by atoms with Crippen LogP contribution in [0.25, 0.3) is 0 Å². The highest BCUT2D eigenvalue weighted by atomic mass is 32.2. The highest BCUT2D eigenvalue weighted by molar-refractivity contribution is 7.89. The van der Waals surface area contributed by atoms with Crippen LogP contribution in [0.3, 0.4) is 0 Å². The second-order valence-corrected chi connectivity index (χ2v) is 5.18. The van der Waals surface area contributed by atoms with Crippen LogP contribution < -0.4 is 14.6 Å². The summed E-state index contributed by atoms with van der Waals surface area (Å²) in [6.45, 7) is 0. The van der Waals surface area contributed by atoms with Gasteiger partial charge in [-0.2, -0.15) is 0 Å². The Bertz CT molecular complexity index is 494. The molecule has 0 amide bonds. The molecule has 1 aliphatic rings. The summed E-state index contributed by atoms with van der Waals surface area (Å²) < 4.78 is 33.3. The SMILES string of the molecule is COc1cccc(S(N)(=O)=O)c1OC1CC1. The van der Waals surface area contributed by atoms with Crippen molar-refractivity contribution in [3.63, 3.8) is 0 Å². The van der Waals surface area contributed by atoms with Crippen LogP contribution in [0.1, 0.15) is 12.8 Å². The molecule has 2 rings (SSSR count). The Labute approximate surface area is 94.2 Å². The number of rotatable bonds is 4. The van der Waals surface area contributed by atoms with Gasteiger partial charge in [0.1, 0.15) is 4.90 Å². The number of methoxy groups -OCH3 is 1. The third-order valence-electron chi connectivity index (χ3n) is 2.28. The first-order valence-electron chi connectivity index (χ1n) is 4.89. The first-order valence-corrected chi connectivity index (χ1v) is 6.43. The molecule has 1 aromatic carbocycles. The Balaban J connectivity index is 2.49. The van der Waals surface area contributed by atoms with Gasteiger partial charge in [0.25, 0.3) is 0 Å². The lowest BCUT2D eigenvalue weighted by Crippen LogP contribution is -2.14. The third kappa shape index (κ3) is 2.28. The summed E-state index contributed by atoms with van der Waals surface area (Å²) in [7, 11) is -2.33. The Hall–Kier alpha value is -1.27. The molecule has 0 aliphatic heterocycles. The van der Waals surface area contributed by atoms with E-state index in [1.165, 1.54) is 13.2 Å². The molecule has 0 heterocycles. The van der Waals surface area contributed by atoms with Gasteiger partial charge >= 0.3 is 0 Å². The fourth-order valence-electron chi connectivity index (χ4n) is 1.35. The molecule has 2 N–H and O–H groups in total. The lowest BCUT2D eigenvalue weighted by Gasteiger charge is -2.13. The highest BCUT2D eigenvalue weighted by Gasteiger charge is 2.28. The van der Waals surface area contributed by atoms with E-state index in [0.717, 1.165) is 12.8 Å². The fourth-order valence-corrected chi connectivity index (χ4v) is 2.02. The molecular formula is C10H13NO4S. The van der Waals surface area contributed by atoms with Crippen LogP contribution >= 0.6 is 0 Å². The largest absolute Gasteiger partial charge is 0.493 e. The molecule has 1 aliphatic carbocycles. The summed E-state index contributed by atoms with van der Waals surface area (Å²) in [4.78, 5) is -0.0289. The number of para-hydroxylation sites is 1. The van der Waals surface area contributed by atoms with Crippen LogP contribution in [0.5, 0.6) is 11.5 Å². The number of ether oxygens (including phenoxy) is 2. The van der Waals surface area contributed by atoms with E-state index in [1.807, 2.05) is 0 Å². The number of nitrogens with two attached hydrogens (primary N) is 1. The molecular weight excluding hydrogens is 230 g/mol. The molecule has 0 spiro atoms. The zero-order valence-corrected chi connectivity index (χ0v) is 9.66. The minimum atomic E-state index is -3.79. The fraction of sp³-hybridized carbons (Fsp3) is 0.400. The average molecular weight is 243 g/mol. The smallest absolute Gasteiger partial charge is 0.241 e. The number of hydrogen-bond acceptors (Lipinski definition) is 4. The normalized spacial score (nSPS) is 15.9. The Kier molecular flexibility index (Phi) is 2.77. The van der Waals surface area contributed by atoms with Crippen molar-refractivity contribution in [2.24, 2.45) is 5.14 Å². The molecule has 1 fully saturated rings. The molecule has 0 aromatic heterocycles. The molecule has 0 unspecified atom stereocenters. The zero-order chi connectivity index (χ0) is 11.8. The topological polar surface area (TPSA) is 78.6 Å². The summed E-state index contributed by atoms with van der Waals surface area (Å²) in [6.07, 6.45) is 1.95. The predicted octanol–water partition coefficient (Wildman–Crippen LogP) is 0.884. The van der Waals surface area contributed by atoms with E-state index in [-0.39, 0.29) is 16.7 Å². The molecule has 88 valence electrons. The summed E-state index contributed by atoms with van der Waals surface area (Å²) in [6, 6.07) is 4.63. The van der Waals surface area contributed by atoms with Gasteiger partial charge in [0.15, 0.2) is 11.5 Å². The Morgan fingerprint density at radius 1 is 1.38 bits per heavy atom. The van der Waals surface area contributed by atoms with Crippen LogP contribution in [0.2, 0.25) is 0 Å². The molecule has 0 atom stereocenters. The van der Waals surface area contributed by atoms with E-state index in [9.17, 15) is 8.42 Å². The minimum Gasteiger partial charge on any atom is -0.493 e. The van der Waals surface area contributed by atoms with Gasteiger partial charge in [0, 0.05) is 0 Å². The third-order valence-corrected chi connectivity index (χ3v) is 3.21. The molecule has 16 heavy (non-hydrogen) atoms. The minimum absolute atomic E-state index is 0.0289. The average Bonchev–Trinajstić information content (AvgIpc) is 3.00. The summed E-state index contributed by atoms with van der Waals surface area (Å²) >= 11 is 0. The summed E-state index contributed by atoms with van der Waals surface area (Å²) in [5.74, 6) is 0.605. The van der Waals surface area contributed by atoms with Crippen molar-refractivity contribution in [1.82, 2.24) is 0 Å². The van der Waals surface area contributed by atoms with Gasteiger partial charge in [-0.3, -0.25) is 0 Å². The lowest BCUT2D eigenvalue weighted by atomic mass is 10.3. The quantitative estimate of drug-likeness (QED) is 0.851. The molecule has 0 bridgehead atoms. The van der Waals surface area contributed by atoms with Crippen LogP contribution in [0, 0.1) is 0 Å². The molecule has 0 radical (unpaired) electrons. The van der Waals surface area contributed by atoms with E-state index in [0.29, 0.717) is 5.75 Å². The first kappa shape index (κ1) is 11.2. The van der Waals surface area contributed by atoms with E-state index < -0.39 is 10.0 Å². The lowest BCUT2D eigenvalue weighted by molar-refractivity contribution is 0.274. The second-order valence-electron chi connectivity index (χ2n) is 3.65. The standard InChI is InChI=1S/C10H13NO4S/c1-14-8-3-2-4-9(16(11,12)13)10(8)15-7-5-6-7/h2-4,7H,5-6H2,1H3,(H2,11,12,13). The maximum Gasteiger partial charge on any atom is 0.241 e. The Morgan fingerprint density at radius 3 is 2.56 bits per heavy atom. The van der Waals surface area contributed by atoms with Gasteiger partial charge in [0.2, 0.25) is 10.0 Å². The van der Waals surface area contributed by atoms with Crippen LogP contribution in [-0.4, -0.2) is 21.6 Å². The first-order chi connectivity index (χ1) is 7.52. The second kappa shape index (κ2) is 3.95. The van der Waals surface area contributed by atoms with Crippen molar-refractivity contribution in [3.05, 3.63) is 18.2 Å². The van der Waals surface area contributed by atoms with Gasteiger partial charge in [-0.05, 0) is 25.0 Å². The van der Waals surface area contributed by atoms with Gasteiger partial charge in [-0.15, -0.1) is 0 Å². The predicted molar refractivity (Wildman–Crippen MR) is 58.0 cm³/mol. The van der Waals surface area contributed by atoms with Gasteiger partial charge in [-0.1, -0.05) is 6.07 Å². The maximum atomic E-state index is 11.4. The van der Waals surface area contributed by atoms with Gasteiger partial charge < -0.3 is 9.47 Å². The van der Waals surface area contributed by atoms with Crippen LogP contribution in [-0.2, 0) is 10.0 Å². The number of primary sulfonamides is 1.